The van der Waals surface area contributed by atoms with Gasteiger partial charge in [-0.05, 0) is 36.5 Å². The molecule has 1 atom stereocenters. The van der Waals surface area contributed by atoms with Gasteiger partial charge in [0.1, 0.15) is 5.82 Å². The van der Waals surface area contributed by atoms with Crippen LogP contribution in [-0.2, 0) is 12.7 Å². The van der Waals surface area contributed by atoms with Crippen molar-refractivity contribution in [1.29, 1.82) is 0 Å². The maximum Gasteiger partial charge on any atom is 0.416 e. The highest BCUT2D eigenvalue weighted by atomic mass is 19.4. The molecule has 3 rings (SSSR count). The Morgan fingerprint density at radius 1 is 1.33 bits per heavy atom. The van der Waals surface area contributed by atoms with Gasteiger partial charge >= 0.3 is 6.18 Å². The summed E-state index contributed by atoms with van der Waals surface area (Å²) in [6.07, 6.45) is 1.18. The van der Waals surface area contributed by atoms with E-state index in [0.717, 1.165) is 24.7 Å². The number of aromatic nitrogens is 2. The summed E-state index contributed by atoms with van der Waals surface area (Å²) in [7, 11) is 0. The third-order valence-corrected chi connectivity index (χ3v) is 3.71. The zero-order valence-electron chi connectivity index (χ0n) is 11.3. The van der Waals surface area contributed by atoms with Crippen LogP contribution in [-0.4, -0.2) is 9.97 Å². The molecular weight excluding hydrogens is 279 g/mol. The number of halogens is 3. The molecule has 1 aliphatic carbocycles. The van der Waals surface area contributed by atoms with Gasteiger partial charge < -0.3 is 10.3 Å². The predicted molar refractivity (Wildman–Crippen MR) is 72.3 cm³/mol. The van der Waals surface area contributed by atoms with E-state index in [0.29, 0.717) is 18.0 Å². The number of alkyl halides is 3. The number of aromatic amines is 1. The van der Waals surface area contributed by atoms with Crippen molar-refractivity contribution in [2.24, 2.45) is 5.92 Å². The highest BCUT2D eigenvalue weighted by Crippen LogP contribution is 2.42. The van der Waals surface area contributed by atoms with Crippen LogP contribution in [0.4, 0.5) is 13.2 Å². The maximum atomic E-state index is 12.8. The largest absolute Gasteiger partial charge is 0.416 e. The highest BCUT2D eigenvalue weighted by molar-refractivity contribution is 5.29. The van der Waals surface area contributed by atoms with Crippen molar-refractivity contribution >= 4 is 0 Å². The SMILES string of the molecule is FC(F)(F)c1cccc(C(NCc2ncc[nH]2)C2CC2)c1. The first-order chi connectivity index (χ1) is 10.0. The molecule has 2 aromatic rings. The lowest BCUT2D eigenvalue weighted by atomic mass is 10.00. The van der Waals surface area contributed by atoms with E-state index in [1.54, 1.807) is 18.5 Å². The predicted octanol–water partition coefficient (Wildman–Crippen LogP) is 3.67. The fourth-order valence-corrected chi connectivity index (χ4v) is 2.50. The van der Waals surface area contributed by atoms with Gasteiger partial charge in [-0.2, -0.15) is 13.2 Å². The molecule has 1 fully saturated rings. The quantitative estimate of drug-likeness (QED) is 0.883. The van der Waals surface area contributed by atoms with Crippen LogP contribution in [0.1, 0.15) is 35.8 Å². The van der Waals surface area contributed by atoms with Crippen molar-refractivity contribution in [2.45, 2.75) is 31.6 Å². The van der Waals surface area contributed by atoms with Gasteiger partial charge in [0.15, 0.2) is 0 Å². The van der Waals surface area contributed by atoms with Crippen LogP contribution in [0, 0.1) is 5.92 Å². The number of hydrogen-bond donors (Lipinski definition) is 2. The maximum absolute atomic E-state index is 12.8. The van der Waals surface area contributed by atoms with Crippen LogP contribution in [0.15, 0.2) is 36.7 Å². The molecule has 0 saturated heterocycles. The lowest BCUT2D eigenvalue weighted by molar-refractivity contribution is -0.137. The Labute approximate surface area is 120 Å². The standard InChI is InChI=1S/C15H16F3N3/c16-15(17,18)12-3-1-2-11(8-12)14(10-4-5-10)21-9-13-19-6-7-20-13/h1-3,6-8,10,14,21H,4-5,9H2,(H,19,20). The Kier molecular flexibility index (Phi) is 3.71. The second-order valence-electron chi connectivity index (χ2n) is 5.36. The minimum atomic E-state index is -4.30. The molecule has 0 radical (unpaired) electrons. The van der Waals surface area contributed by atoms with E-state index in [4.69, 9.17) is 0 Å². The molecule has 6 heteroatoms. The number of benzene rings is 1. The minimum absolute atomic E-state index is 0.0580. The minimum Gasteiger partial charge on any atom is -0.348 e. The van der Waals surface area contributed by atoms with E-state index in [1.165, 1.54) is 12.1 Å². The van der Waals surface area contributed by atoms with Crippen molar-refractivity contribution < 1.29 is 13.2 Å². The zero-order chi connectivity index (χ0) is 14.9. The van der Waals surface area contributed by atoms with Gasteiger partial charge in [-0.1, -0.05) is 12.1 Å². The average molecular weight is 295 g/mol. The van der Waals surface area contributed by atoms with Gasteiger partial charge in [0, 0.05) is 18.4 Å². The van der Waals surface area contributed by atoms with Crippen LogP contribution in [0.2, 0.25) is 0 Å². The Bertz CT molecular complexity index is 588. The summed E-state index contributed by atoms with van der Waals surface area (Å²) >= 11 is 0. The van der Waals surface area contributed by atoms with E-state index >= 15 is 0 Å². The zero-order valence-corrected chi connectivity index (χ0v) is 11.3. The van der Waals surface area contributed by atoms with Crippen molar-refractivity contribution in [3.63, 3.8) is 0 Å². The normalized spacial score (nSPS) is 16.9. The number of rotatable bonds is 5. The third kappa shape index (κ3) is 3.44. The Hall–Kier alpha value is -1.82. The van der Waals surface area contributed by atoms with E-state index in [1.807, 2.05) is 0 Å². The van der Waals surface area contributed by atoms with Gasteiger partial charge in [0.05, 0.1) is 12.1 Å². The second kappa shape index (κ2) is 5.52. The molecular formula is C15H16F3N3. The fraction of sp³-hybridized carbons (Fsp3) is 0.400. The number of H-pyrrole nitrogens is 1. The summed E-state index contributed by atoms with van der Waals surface area (Å²) in [5.74, 6) is 1.19. The molecule has 2 N–H and O–H groups in total. The van der Waals surface area contributed by atoms with Crippen LogP contribution in [0.25, 0.3) is 0 Å². The van der Waals surface area contributed by atoms with Gasteiger partial charge in [0.25, 0.3) is 0 Å². The summed E-state index contributed by atoms with van der Waals surface area (Å²) in [5.41, 5.74) is 0.101. The van der Waals surface area contributed by atoms with E-state index in [2.05, 4.69) is 15.3 Å². The Balaban J connectivity index is 1.77. The van der Waals surface area contributed by atoms with Crippen LogP contribution in [0.3, 0.4) is 0 Å². The van der Waals surface area contributed by atoms with E-state index in [9.17, 15) is 13.2 Å². The molecule has 1 heterocycles. The first-order valence-corrected chi connectivity index (χ1v) is 6.93. The van der Waals surface area contributed by atoms with Crippen molar-refractivity contribution in [2.75, 3.05) is 0 Å². The smallest absolute Gasteiger partial charge is 0.348 e. The van der Waals surface area contributed by atoms with Crippen LogP contribution >= 0.6 is 0 Å². The van der Waals surface area contributed by atoms with Crippen molar-refractivity contribution in [3.8, 4) is 0 Å². The Morgan fingerprint density at radius 3 is 2.76 bits per heavy atom. The number of nitrogens with one attached hydrogen (secondary N) is 2. The van der Waals surface area contributed by atoms with Crippen LogP contribution < -0.4 is 5.32 Å². The molecule has 0 amide bonds. The van der Waals surface area contributed by atoms with E-state index in [-0.39, 0.29) is 6.04 Å². The molecule has 0 aliphatic heterocycles. The number of hydrogen-bond acceptors (Lipinski definition) is 2. The summed E-state index contributed by atoms with van der Waals surface area (Å²) in [6, 6.07) is 5.53. The third-order valence-electron chi connectivity index (χ3n) is 3.71. The first-order valence-electron chi connectivity index (χ1n) is 6.93. The molecule has 3 nitrogen and oxygen atoms in total. The summed E-state index contributed by atoms with van der Waals surface area (Å²) in [4.78, 5) is 7.11. The van der Waals surface area contributed by atoms with Crippen molar-refractivity contribution in [3.05, 3.63) is 53.6 Å². The Morgan fingerprint density at radius 2 is 2.14 bits per heavy atom. The second-order valence-corrected chi connectivity index (χ2v) is 5.36. The van der Waals surface area contributed by atoms with Gasteiger partial charge in [0.2, 0.25) is 0 Å². The van der Waals surface area contributed by atoms with Gasteiger partial charge in [-0.25, -0.2) is 4.98 Å². The van der Waals surface area contributed by atoms with Gasteiger partial charge in [-0.3, -0.25) is 0 Å². The molecule has 112 valence electrons. The lowest BCUT2D eigenvalue weighted by Gasteiger charge is -2.19. The lowest BCUT2D eigenvalue weighted by Crippen LogP contribution is -2.23. The van der Waals surface area contributed by atoms with Crippen molar-refractivity contribution in [1.82, 2.24) is 15.3 Å². The van der Waals surface area contributed by atoms with Gasteiger partial charge in [-0.15, -0.1) is 0 Å². The summed E-state index contributed by atoms with van der Waals surface area (Å²) < 4.78 is 38.5. The molecule has 0 bridgehead atoms. The topological polar surface area (TPSA) is 40.7 Å². The molecule has 1 aromatic heterocycles. The molecule has 0 spiro atoms. The highest BCUT2D eigenvalue weighted by Gasteiger charge is 2.35. The number of imidazole rings is 1. The molecule has 21 heavy (non-hydrogen) atoms. The molecule has 1 saturated carbocycles. The monoisotopic (exact) mass is 295 g/mol. The summed E-state index contributed by atoms with van der Waals surface area (Å²) in [5, 5.41) is 3.32. The van der Waals surface area contributed by atoms with E-state index < -0.39 is 11.7 Å². The molecule has 1 unspecified atom stereocenters. The first kappa shape index (κ1) is 14.1. The molecule has 1 aromatic carbocycles. The average Bonchev–Trinajstić information content (AvgIpc) is 3.14. The number of nitrogens with zero attached hydrogens (tertiary/aromatic N) is 1. The van der Waals surface area contributed by atoms with Crippen LogP contribution in [0.5, 0.6) is 0 Å². The fourth-order valence-electron chi connectivity index (χ4n) is 2.50. The molecule has 1 aliphatic rings. The summed E-state index contributed by atoms with van der Waals surface area (Å²) in [6.45, 7) is 0.518.